The lowest BCUT2D eigenvalue weighted by Crippen LogP contribution is -2.20. The molecule has 4 nitrogen and oxygen atoms in total. The molecule has 16 heavy (non-hydrogen) atoms. The molecule has 1 aromatic carbocycles. The fraction of sp³-hybridized carbons (Fsp3) is 0.300. The number of carboxylic acid groups (broad SMARTS) is 1. The largest absolute Gasteiger partial charge is 0.478 e. The van der Waals surface area contributed by atoms with Crippen LogP contribution in [0.5, 0.6) is 0 Å². The lowest BCUT2D eigenvalue weighted by molar-refractivity contribution is 0.0692. The summed E-state index contributed by atoms with van der Waals surface area (Å²) in [4.78, 5) is 10.6. The first-order chi connectivity index (χ1) is 7.54. The van der Waals surface area contributed by atoms with Crippen molar-refractivity contribution in [1.82, 2.24) is 0 Å². The minimum Gasteiger partial charge on any atom is -0.478 e. The Morgan fingerprint density at radius 2 is 2.25 bits per heavy atom. The Hall–Kier alpha value is -1.33. The summed E-state index contributed by atoms with van der Waals surface area (Å²) in [5.41, 5.74) is 0.00771. The zero-order valence-electron chi connectivity index (χ0n) is 8.28. The van der Waals surface area contributed by atoms with Gasteiger partial charge >= 0.3 is 5.97 Å². The highest BCUT2D eigenvalue weighted by Gasteiger charge is 2.11. The highest BCUT2D eigenvalue weighted by Crippen LogP contribution is 2.14. The molecule has 3 N–H and O–H groups in total. The number of hydrogen-bond donors (Lipinski definition) is 3. The molecule has 0 aromatic heterocycles. The van der Waals surface area contributed by atoms with Crippen LogP contribution in [0.2, 0.25) is 0 Å². The Morgan fingerprint density at radius 3 is 2.81 bits per heavy atom. The van der Waals surface area contributed by atoms with Gasteiger partial charge in [-0.1, -0.05) is 0 Å². The summed E-state index contributed by atoms with van der Waals surface area (Å²) >= 11 is 5.38. The maximum Gasteiger partial charge on any atom is 0.338 e. The molecule has 0 saturated carbocycles. The quantitative estimate of drug-likeness (QED) is 0.691. The molecule has 0 aliphatic rings. The molecular weight excluding hydrogens is 237 g/mol. The van der Waals surface area contributed by atoms with Crippen molar-refractivity contribution in [1.29, 1.82) is 0 Å². The molecule has 0 amide bonds. The van der Waals surface area contributed by atoms with E-state index in [0.717, 1.165) is 6.07 Å². The number of aliphatic hydroxyl groups is 1. The van der Waals surface area contributed by atoms with Crippen LogP contribution in [0.3, 0.4) is 0 Å². The number of anilines is 1. The van der Waals surface area contributed by atoms with Crippen LogP contribution in [0.1, 0.15) is 10.4 Å². The van der Waals surface area contributed by atoms with Gasteiger partial charge < -0.3 is 15.5 Å². The minimum absolute atomic E-state index is 0.0694. The number of hydrogen-bond acceptors (Lipinski definition) is 3. The SMILES string of the molecule is O=C(O)c1cc(NCC(O)CCl)ccc1F. The van der Waals surface area contributed by atoms with Crippen LogP contribution in [-0.4, -0.2) is 34.7 Å². The average Bonchev–Trinajstić information content (AvgIpc) is 2.27. The average molecular weight is 248 g/mol. The second kappa shape index (κ2) is 5.67. The summed E-state index contributed by atoms with van der Waals surface area (Å²) in [5, 5.41) is 20.6. The zero-order valence-corrected chi connectivity index (χ0v) is 9.04. The van der Waals surface area contributed by atoms with Crippen molar-refractivity contribution in [3.05, 3.63) is 29.6 Å². The van der Waals surface area contributed by atoms with Crippen LogP contribution in [0.25, 0.3) is 0 Å². The summed E-state index contributed by atoms with van der Waals surface area (Å²) in [7, 11) is 0. The minimum atomic E-state index is -1.33. The van der Waals surface area contributed by atoms with E-state index in [1.54, 1.807) is 0 Å². The summed E-state index contributed by atoms with van der Waals surface area (Å²) in [5.74, 6) is -2.06. The number of nitrogens with one attached hydrogen (secondary N) is 1. The number of carboxylic acids is 1. The van der Waals surface area contributed by atoms with Crippen molar-refractivity contribution in [2.24, 2.45) is 0 Å². The number of aromatic carboxylic acids is 1. The van der Waals surface area contributed by atoms with E-state index >= 15 is 0 Å². The normalized spacial score (nSPS) is 12.2. The highest BCUT2D eigenvalue weighted by atomic mass is 35.5. The van der Waals surface area contributed by atoms with Gasteiger partial charge in [-0.3, -0.25) is 0 Å². The van der Waals surface area contributed by atoms with Gasteiger partial charge in [0, 0.05) is 12.2 Å². The number of aliphatic hydroxyl groups excluding tert-OH is 1. The van der Waals surface area contributed by atoms with Crippen molar-refractivity contribution in [3.8, 4) is 0 Å². The van der Waals surface area contributed by atoms with E-state index in [9.17, 15) is 9.18 Å². The second-order valence-electron chi connectivity index (χ2n) is 3.19. The molecule has 0 radical (unpaired) electrons. The molecule has 88 valence electrons. The Kier molecular flexibility index (Phi) is 4.52. The van der Waals surface area contributed by atoms with Gasteiger partial charge in [-0.05, 0) is 18.2 Å². The van der Waals surface area contributed by atoms with Crippen LogP contribution in [-0.2, 0) is 0 Å². The second-order valence-corrected chi connectivity index (χ2v) is 3.50. The molecular formula is C10H11ClFNO3. The standard InChI is InChI=1S/C10H11ClFNO3/c11-4-7(14)5-13-6-1-2-9(12)8(3-6)10(15)16/h1-3,7,13-14H,4-5H2,(H,15,16). The molecule has 1 rings (SSSR count). The number of rotatable bonds is 5. The van der Waals surface area contributed by atoms with Gasteiger partial charge in [0.05, 0.1) is 17.5 Å². The van der Waals surface area contributed by atoms with Crippen LogP contribution in [0.4, 0.5) is 10.1 Å². The molecule has 1 atom stereocenters. The van der Waals surface area contributed by atoms with Gasteiger partial charge in [-0.15, -0.1) is 11.6 Å². The first-order valence-corrected chi connectivity index (χ1v) is 5.08. The van der Waals surface area contributed by atoms with E-state index in [1.165, 1.54) is 12.1 Å². The number of halogens is 2. The third-order valence-electron chi connectivity index (χ3n) is 1.92. The van der Waals surface area contributed by atoms with Crippen molar-refractivity contribution >= 4 is 23.3 Å². The lowest BCUT2D eigenvalue weighted by Gasteiger charge is -2.10. The summed E-state index contributed by atoms with van der Waals surface area (Å²) < 4.78 is 13.0. The van der Waals surface area contributed by atoms with Crippen LogP contribution in [0, 0.1) is 5.82 Å². The maximum absolute atomic E-state index is 13.0. The van der Waals surface area contributed by atoms with Gasteiger partial charge in [0.15, 0.2) is 0 Å². The number of carbonyl (C=O) groups is 1. The number of benzene rings is 1. The van der Waals surface area contributed by atoms with E-state index in [-0.39, 0.29) is 12.4 Å². The maximum atomic E-state index is 13.0. The van der Waals surface area contributed by atoms with Crippen LogP contribution >= 0.6 is 11.6 Å². The molecule has 0 aliphatic carbocycles. The number of alkyl halides is 1. The third kappa shape index (κ3) is 3.36. The predicted molar refractivity (Wildman–Crippen MR) is 58.6 cm³/mol. The van der Waals surface area contributed by atoms with Crippen LogP contribution in [0.15, 0.2) is 18.2 Å². The molecule has 0 fully saturated rings. The van der Waals surface area contributed by atoms with Gasteiger partial charge in [0.1, 0.15) is 5.82 Å². The van der Waals surface area contributed by atoms with Gasteiger partial charge in [-0.25, -0.2) is 9.18 Å². The van der Waals surface area contributed by atoms with E-state index < -0.39 is 23.5 Å². The molecule has 6 heteroatoms. The predicted octanol–water partition coefficient (Wildman–Crippen LogP) is 1.54. The first-order valence-electron chi connectivity index (χ1n) is 4.55. The molecule has 0 spiro atoms. The topological polar surface area (TPSA) is 69.6 Å². The monoisotopic (exact) mass is 247 g/mol. The highest BCUT2D eigenvalue weighted by molar-refractivity contribution is 6.18. The Morgan fingerprint density at radius 1 is 1.56 bits per heavy atom. The molecule has 0 heterocycles. The Labute approximate surface area is 96.7 Å². The molecule has 0 bridgehead atoms. The van der Waals surface area contributed by atoms with E-state index in [0.29, 0.717) is 5.69 Å². The third-order valence-corrected chi connectivity index (χ3v) is 2.27. The molecule has 1 unspecified atom stereocenters. The van der Waals surface area contributed by atoms with E-state index in [2.05, 4.69) is 5.32 Å². The lowest BCUT2D eigenvalue weighted by atomic mass is 10.2. The van der Waals surface area contributed by atoms with Crippen molar-refractivity contribution in [3.63, 3.8) is 0 Å². The molecule has 0 aliphatic heterocycles. The zero-order chi connectivity index (χ0) is 12.1. The molecule has 1 aromatic rings. The van der Waals surface area contributed by atoms with Gasteiger partial charge in [0.25, 0.3) is 0 Å². The Bertz CT molecular complexity index is 386. The summed E-state index contributed by atoms with van der Waals surface area (Å²) in [6, 6.07) is 3.61. The summed E-state index contributed by atoms with van der Waals surface area (Å²) in [6.07, 6.45) is -0.736. The molecule has 0 saturated heterocycles. The van der Waals surface area contributed by atoms with Crippen molar-refractivity contribution in [2.75, 3.05) is 17.7 Å². The van der Waals surface area contributed by atoms with Gasteiger partial charge in [-0.2, -0.15) is 0 Å². The van der Waals surface area contributed by atoms with E-state index in [4.69, 9.17) is 21.8 Å². The van der Waals surface area contributed by atoms with Crippen molar-refractivity contribution < 1.29 is 19.4 Å². The van der Waals surface area contributed by atoms with E-state index in [1.807, 2.05) is 0 Å². The summed E-state index contributed by atoms with van der Waals surface area (Å²) in [6.45, 7) is 0.175. The van der Waals surface area contributed by atoms with Crippen molar-refractivity contribution in [2.45, 2.75) is 6.10 Å². The Balaban J connectivity index is 2.75. The van der Waals surface area contributed by atoms with Crippen LogP contribution < -0.4 is 5.32 Å². The fourth-order valence-corrected chi connectivity index (χ4v) is 1.20. The first kappa shape index (κ1) is 12.7. The van der Waals surface area contributed by atoms with Gasteiger partial charge in [0.2, 0.25) is 0 Å². The smallest absolute Gasteiger partial charge is 0.338 e. The fourth-order valence-electron chi connectivity index (χ4n) is 1.09.